The van der Waals surface area contributed by atoms with E-state index < -0.39 is 11.9 Å². The summed E-state index contributed by atoms with van der Waals surface area (Å²) in [6.45, 7) is 6.02. The van der Waals surface area contributed by atoms with Crippen LogP contribution in [0.4, 0.5) is 5.69 Å². The molecule has 0 spiro atoms. The largest absolute Gasteiger partial charge is 0.481 e. The van der Waals surface area contributed by atoms with E-state index in [2.05, 4.69) is 19.2 Å². The third-order valence-corrected chi connectivity index (χ3v) is 3.13. The van der Waals surface area contributed by atoms with Crippen molar-refractivity contribution in [3.63, 3.8) is 0 Å². The molecule has 0 aliphatic carbocycles. The fraction of sp³-hybridized carbons (Fsp3) is 0.467. The van der Waals surface area contributed by atoms with E-state index in [-0.39, 0.29) is 12.3 Å². The van der Waals surface area contributed by atoms with Gasteiger partial charge < -0.3 is 10.4 Å². The Balaban J connectivity index is 2.67. The second kappa shape index (κ2) is 6.92. The molecular formula is C15H21NO3. The highest BCUT2D eigenvalue weighted by Crippen LogP contribution is 2.18. The molecule has 1 amide bonds. The Kier molecular flexibility index (Phi) is 5.55. The van der Waals surface area contributed by atoms with Crippen LogP contribution in [0.1, 0.15) is 45.1 Å². The smallest absolute Gasteiger partial charge is 0.304 e. The van der Waals surface area contributed by atoms with Gasteiger partial charge in [0.05, 0.1) is 6.42 Å². The number of rotatable bonds is 6. The number of hydrogen-bond donors (Lipinski definition) is 2. The fourth-order valence-corrected chi connectivity index (χ4v) is 1.83. The van der Waals surface area contributed by atoms with Crippen LogP contribution < -0.4 is 5.32 Å². The first kappa shape index (κ1) is 15.2. The second-order valence-corrected chi connectivity index (χ2v) is 4.97. The van der Waals surface area contributed by atoms with Gasteiger partial charge in [-0.15, -0.1) is 0 Å². The highest BCUT2D eigenvalue weighted by atomic mass is 16.4. The lowest BCUT2D eigenvalue weighted by Crippen LogP contribution is -2.24. The van der Waals surface area contributed by atoms with Gasteiger partial charge in [0, 0.05) is 11.6 Å². The van der Waals surface area contributed by atoms with Crippen LogP contribution in [0.2, 0.25) is 0 Å². The third kappa shape index (κ3) is 4.73. The summed E-state index contributed by atoms with van der Waals surface area (Å²) in [7, 11) is 0. The van der Waals surface area contributed by atoms with Crippen LogP contribution >= 0.6 is 0 Å². The van der Waals surface area contributed by atoms with Crippen LogP contribution in [0.15, 0.2) is 24.3 Å². The number of amides is 1. The third-order valence-electron chi connectivity index (χ3n) is 3.13. The maximum absolute atomic E-state index is 11.9. The van der Waals surface area contributed by atoms with E-state index in [1.807, 2.05) is 31.2 Å². The van der Waals surface area contributed by atoms with Crippen molar-refractivity contribution in [3.05, 3.63) is 29.8 Å². The standard InChI is InChI=1S/C15H21NO3/c1-4-11(9-14(17)18)15(19)16-13-7-5-12(6-8-13)10(2)3/h5-8,10-11H,4,9H2,1-3H3,(H,16,19)(H,17,18). The molecule has 0 heterocycles. The van der Waals surface area contributed by atoms with Crippen molar-refractivity contribution in [3.8, 4) is 0 Å². The summed E-state index contributed by atoms with van der Waals surface area (Å²) < 4.78 is 0. The zero-order valence-corrected chi connectivity index (χ0v) is 11.6. The Bertz CT molecular complexity index is 437. The number of carboxylic acids is 1. The predicted octanol–water partition coefficient (Wildman–Crippen LogP) is 3.25. The summed E-state index contributed by atoms with van der Waals surface area (Å²) in [5, 5.41) is 11.5. The van der Waals surface area contributed by atoms with Gasteiger partial charge in [-0.1, -0.05) is 32.9 Å². The lowest BCUT2D eigenvalue weighted by molar-refractivity contribution is -0.140. The minimum absolute atomic E-state index is 0.133. The second-order valence-electron chi connectivity index (χ2n) is 4.97. The summed E-state index contributed by atoms with van der Waals surface area (Å²) in [5.41, 5.74) is 1.91. The molecule has 2 N–H and O–H groups in total. The van der Waals surface area contributed by atoms with Crippen molar-refractivity contribution in [1.29, 1.82) is 0 Å². The number of hydrogen-bond acceptors (Lipinski definition) is 2. The Morgan fingerprint density at radius 1 is 1.21 bits per heavy atom. The molecule has 1 aromatic carbocycles. The first-order chi connectivity index (χ1) is 8.93. The van der Waals surface area contributed by atoms with Crippen molar-refractivity contribution in [2.75, 3.05) is 5.32 Å². The van der Waals surface area contributed by atoms with Crippen LogP contribution in [0.5, 0.6) is 0 Å². The quantitative estimate of drug-likeness (QED) is 0.828. The van der Waals surface area contributed by atoms with Gasteiger partial charge in [0.2, 0.25) is 5.91 Å². The molecule has 0 aliphatic rings. The average Bonchev–Trinajstić information content (AvgIpc) is 2.36. The van der Waals surface area contributed by atoms with E-state index in [0.717, 1.165) is 0 Å². The van der Waals surface area contributed by atoms with Gasteiger partial charge in [-0.05, 0) is 30.0 Å². The van der Waals surface area contributed by atoms with Crippen molar-refractivity contribution in [1.82, 2.24) is 0 Å². The molecule has 1 unspecified atom stereocenters. The molecule has 1 atom stereocenters. The topological polar surface area (TPSA) is 66.4 Å². The number of carboxylic acid groups (broad SMARTS) is 1. The maximum atomic E-state index is 11.9. The average molecular weight is 263 g/mol. The predicted molar refractivity (Wildman–Crippen MR) is 75.2 cm³/mol. The van der Waals surface area contributed by atoms with Gasteiger partial charge in [0.25, 0.3) is 0 Å². The molecule has 0 saturated carbocycles. The van der Waals surface area contributed by atoms with E-state index in [4.69, 9.17) is 5.11 Å². The normalized spacial score (nSPS) is 12.2. The van der Waals surface area contributed by atoms with Gasteiger partial charge in [-0.25, -0.2) is 0 Å². The molecule has 0 bridgehead atoms. The Labute approximate surface area is 113 Å². The Hall–Kier alpha value is -1.84. The molecule has 0 saturated heterocycles. The minimum atomic E-state index is -0.947. The Morgan fingerprint density at radius 3 is 2.21 bits per heavy atom. The number of nitrogens with one attached hydrogen (secondary N) is 1. The minimum Gasteiger partial charge on any atom is -0.481 e. The van der Waals surface area contributed by atoms with Crippen LogP contribution in [0.25, 0.3) is 0 Å². The van der Waals surface area contributed by atoms with E-state index in [9.17, 15) is 9.59 Å². The maximum Gasteiger partial charge on any atom is 0.304 e. The molecule has 1 rings (SSSR count). The summed E-state index contributed by atoms with van der Waals surface area (Å²) >= 11 is 0. The highest BCUT2D eigenvalue weighted by Gasteiger charge is 2.19. The van der Waals surface area contributed by atoms with Gasteiger partial charge >= 0.3 is 5.97 Å². The molecule has 1 aromatic rings. The van der Waals surface area contributed by atoms with E-state index >= 15 is 0 Å². The van der Waals surface area contributed by atoms with Crippen molar-refractivity contribution in [2.24, 2.45) is 5.92 Å². The monoisotopic (exact) mass is 263 g/mol. The molecule has 104 valence electrons. The summed E-state index contributed by atoms with van der Waals surface area (Å²) in [4.78, 5) is 22.6. The molecule has 0 fully saturated rings. The van der Waals surface area contributed by atoms with Gasteiger partial charge in [-0.2, -0.15) is 0 Å². The van der Waals surface area contributed by atoms with Crippen molar-refractivity contribution in [2.45, 2.75) is 39.5 Å². The summed E-state index contributed by atoms with van der Waals surface area (Å²) in [6, 6.07) is 7.64. The molecular weight excluding hydrogens is 242 g/mol. The van der Waals surface area contributed by atoms with Gasteiger partial charge in [0.1, 0.15) is 0 Å². The number of carbonyl (C=O) groups is 2. The van der Waals surface area contributed by atoms with Crippen LogP contribution in [0.3, 0.4) is 0 Å². The van der Waals surface area contributed by atoms with E-state index in [1.54, 1.807) is 0 Å². The van der Waals surface area contributed by atoms with Crippen LogP contribution in [-0.2, 0) is 9.59 Å². The summed E-state index contributed by atoms with van der Waals surface area (Å²) in [5.74, 6) is -1.22. The number of carbonyl (C=O) groups excluding carboxylic acids is 1. The van der Waals surface area contributed by atoms with Gasteiger partial charge in [-0.3, -0.25) is 9.59 Å². The van der Waals surface area contributed by atoms with Crippen molar-refractivity contribution < 1.29 is 14.7 Å². The number of benzene rings is 1. The highest BCUT2D eigenvalue weighted by molar-refractivity contribution is 5.94. The van der Waals surface area contributed by atoms with Gasteiger partial charge in [0.15, 0.2) is 0 Å². The number of anilines is 1. The number of aliphatic carboxylic acids is 1. The zero-order valence-electron chi connectivity index (χ0n) is 11.6. The van der Waals surface area contributed by atoms with Crippen LogP contribution in [-0.4, -0.2) is 17.0 Å². The SMILES string of the molecule is CCC(CC(=O)O)C(=O)Nc1ccc(C(C)C)cc1. The summed E-state index contributed by atoms with van der Waals surface area (Å²) in [6.07, 6.45) is 0.384. The molecule has 0 aliphatic heterocycles. The van der Waals surface area contributed by atoms with Crippen molar-refractivity contribution >= 4 is 17.6 Å². The van der Waals surface area contributed by atoms with E-state index in [0.29, 0.717) is 18.0 Å². The first-order valence-corrected chi connectivity index (χ1v) is 6.56. The Morgan fingerprint density at radius 2 is 1.79 bits per heavy atom. The van der Waals surface area contributed by atoms with E-state index in [1.165, 1.54) is 5.56 Å². The molecule has 19 heavy (non-hydrogen) atoms. The molecule has 4 nitrogen and oxygen atoms in total. The lowest BCUT2D eigenvalue weighted by atomic mass is 10.0. The molecule has 0 aromatic heterocycles. The molecule has 4 heteroatoms. The lowest BCUT2D eigenvalue weighted by Gasteiger charge is -2.13. The first-order valence-electron chi connectivity index (χ1n) is 6.56. The zero-order chi connectivity index (χ0) is 14.4. The molecule has 0 radical (unpaired) electrons. The van der Waals surface area contributed by atoms with Crippen LogP contribution in [0, 0.1) is 5.92 Å². The fourth-order valence-electron chi connectivity index (χ4n) is 1.83.